The van der Waals surface area contributed by atoms with Crippen LogP contribution in [0.4, 0.5) is 10.3 Å². The van der Waals surface area contributed by atoms with Gasteiger partial charge in [0.1, 0.15) is 5.82 Å². The highest BCUT2D eigenvalue weighted by Gasteiger charge is 2.25. The molecule has 0 amide bonds. The number of nitrogens with two attached hydrogens (primary N) is 1. The number of nitrogens with zero attached hydrogens (tertiary/aromatic N) is 3. The van der Waals surface area contributed by atoms with E-state index >= 15 is 0 Å². The number of benzene rings is 1. The molecule has 0 aliphatic carbocycles. The lowest BCUT2D eigenvalue weighted by atomic mass is 10.1. The van der Waals surface area contributed by atoms with Gasteiger partial charge in [0.25, 0.3) is 0 Å². The lowest BCUT2D eigenvalue weighted by Crippen LogP contribution is -2.36. The Bertz CT molecular complexity index is 649. The Morgan fingerprint density at radius 1 is 1.38 bits per heavy atom. The molecule has 21 heavy (non-hydrogen) atoms. The predicted molar refractivity (Wildman–Crippen MR) is 81.9 cm³/mol. The Kier molecular flexibility index (Phi) is 4.03. The van der Waals surface area contributed by atoms with Crippen molar-refractivity contribution in [3.8, 4) is 11.3 Å². The Labute approximate surface area is 127 Å². The lowest BCUT2D eigenvalue weighted by Gasteiger charge is -2.23. The van der Waals surface area contributed by atoms with Crippen molar-refractivity contribution in [2.45, 2.75) is 18.9 Å². The van der Waals surface area contributed by atoms with Crippen LogP contribution in [-0.4, -0.2) is 29.1 Å². The minimum atomic E-state index is -0.433. The van der Waals surface area contributed by atoms with Crippen LogP contribution in [0.2, 0.25) is 5.02 Å². The van der Waals surface area contributed by atoms with E-state index in [-0.39, 0.29) is 11.1 Å². The minimum absolute atomic E-state index is 0.0914. The molecule has 110 valence electrons. The number of halogens is 2. The number of anilines is 1. The second-order valence-corrected chi connectivity index (χ2v) is 5.50. The molecule has 1 aliphatic rings. The molecule has 1 aromatic carbocycles. The maximum absolute atomic E-state index is 13.2. The fraction of sp³-hybridized carbons (Fsp3) is 0.333. The number of rotatable bonds is 3. The molecule has 1 aliphatic heterocycles. The SMILES string of the molecule is NCC1CCCN1c1nccc(-c2ccc(F)c(Cl)c2)n1. The topological polar surface area (TPSA) is 55.0 Å². The van der Waals surface area contributed by atoms with E-state index < -0.39 is 5.82 Å². The lowest BCUT2D eigenvalue weighted by molar-refractivity contribution is 0.628. The van der Waals surface area contributed by atoms with Crippen LogP contribution in [0.15, 0.2) is 30.5 Å². The summed E-state index contributed by atoms with van der Waals surface area (Å²) in [6.07, 6.45) is 3.87. The zero-order chi connectivity index (χ0) is 14.8. The van der Waals surface area contributed by atoms with Crippen molar-refractivity contribution in [2.24, 2.45) is 5.73 Å². The molecule has 4 nitrogen and oxygen atoms in total. The van der Waals surface area contributed by atoms with Crippen LogP contribution in [0.1, 0.15) is 12.8 Å². The molecule has 0 saturated carbocycles. The molecule has 1 atom stereocenters. The van der Waals surface area contributed by atoms with Crippen LogP contribution < -0.4 is 10.6 Å². The quantitative estimate of drug-likeness (QED) is 0.947. The van der Waals surface area contributed by atoms with Crippen LogP contribution in [0.3, 0.4) is 0 Å². The van der Waals surface area contributed by atoms with Crippen LogP contribution in [-0.2, 0) is 0 Å². The third-order valence-electron chi connectivity index (χ3n) is 3.76. The molecule has 2 N–H and O–H groups in total. The summed E-state index contributed by atoms with van der Waals surface area (Å²) in [6, 6.07) is 6.67. The zero-order valence-corrected chi connectivity index (χ0v) is 12.2. The summed E-state index contributed by atoms with van der Waals surface area (Å²) >= 11 is 5.83. The van der Waals surface area contributed by atoms with Crippen LogP contribution in [0.5, 0.6) is 0 Å². The molecule has 1 aromatic heterocycles. The second-order valence-electron chi connectivity index (χ2n) is 5.10. The minimum Gasteiger partial charge on any atom is -0.337 e. The first-order valence-corrected chi connectivity index (χ1v) is 7.32. The van der Waals surface area contributed by atoms with Crippen LogP contribution in [0.25, 0.3) is 11.3 Å². The van der Waals surface area contributed by atoms with Gasteiger partial charge in [-0.15, -0.1) is 0 Å². The van der Waals surface area contributed by atoms with E-state index in [1.54, 1.807) is 24.4 Å². The first kappa shape index (κ1) is 14.2. The molecule has 1 fully saturated rings. The summed E-state index contributed by atoms with van der Waals surface area (Å²) < 4.78 is 13.2. The summed E-state index contributed by atoms with van der Waals surface area (Å²) in [5, 5.41) is 0.0914. The van der Waals surface area contributed by atoms with E-state index in [0.717, 1.165) is 30.6 Å². The third kappa shape index (κ3) is 2.84. The highest BCUT2D eigenvalue weighted by atomic mass is 35.5. The van der Waals surface area contributed by atoms with Gasteiger partial charge in [-0.1, -0.05) is 11.6 Å². The fourth-order valence-corrected chi connectivity index (χ4v) is 2.83. The fourth-order valence-electron chi connectivity index (χ4n) is 2.65. The van der Waals surface area contributed by atoms with E-state index in [4.69, 9.17) is 17.3 Å². The first-order valence-electron chi connectivity index (χ1n) is 6.94. The first-order chi connectivity index (χ1) is 10.2. The number of hydrogen-bond donors (Lipinski definition) is 1. The van der Waals surface area contributed by atoms with Gasteiger partial charge >= 0.3 is 0 Å². The van der Waals surface area contributed by atoms with Crippen molar-refractivity contribution in [3.63, 3.8) is 0 Å². The largest absolute Gasteiger partial charge is 0.337 e. The summed E-state index contributed by atoms with van der Waals surface area (Å²) in [4.78, 5) is 11.0. The molecule has 0 bridgehead atoms. The van der Waals surface area contributed by atoms with E-state index in [2.05, 4.69) is 14.9 Å². The van der Waals surface area contributed by atoms with Crippen LogP contribution in [0, 0.1) is 5.82 Å². The Morgan fingerprint density at radius 3 is 3.00 bits per heavy atom. The molecule has 1 unspecified atom stereocenters. The molecule has 2 aromatic rings. The van der Waals surface area contributed by atoms with Gasteiger partial charge in [0.05, 0.1) is 10.7 Å². The summed E-state index contributed by atoms with van der Waals surface area (Å²) in [5.41, 5.74) is 7.29. The summed E-state index contributed by atoms with van der Waals surface area (Å²) in [7, 11) is 0. The zero-order valence-electron chi connectivity index (χ0n) is 11.5. The van der Waals surface area contributed by atoms with Crippen molar-refractivity contribution in [3.05, 3.63) is 41.3 Å². The number of aromatic nitrogens is 2. The van der Waals surface area contributed by atoms with Crippen molar-refractivity contribution in [2.75, 3.05) is 18.0 Å². The Balaban J connectivity index is 1.94. The molecule has 2 heterocycles. The standard InChI is InChI=1S/C15H16ClFN4/c16-12-8-10(3-4-13(12)17)14-5-6-19-15(20-14)21-7-1-2-11(21)9-18/h3-6,8,11H,1-2,7,9,18H2. The van der Waals surface area contributed by atoms with E-state index in [0.29, 0.717) is 12.5 Å². The smallest absolute Gasteiger partial charge is 0.226 e. The summed E-state index contributed by atoms with van der Waals surface area (Å²) in [6.45, 7) is 1.51. The molecule has 1 saturated heterocycles. The average Bonchev–Trinajstić information content (AvgIpc) is 2.99. The Morgan fingerprint density at radius 2 is 2.24 bits per heavy atom. The van der Waals surface area contributed by atoms with Gasteiger partial charge in [0.2, 0.25) is 5.95 Å². The Hall–Kier alpha value is -1.72. The molecule has 0 spiro atoms. The van der Waals surface area contributed by atoms with Crippen molar-refractivity contribution in [1.82, 2.24) is 9.97 Å². The number of hydrogen-bond acceptors (Lipinski definition) is 4. The molecule has 6 heteroatoms. The average molecular weight is 307 g/mol. The van der Waals surface area contributed by atoms with Crippen molar-refractivity contribution < 1.29 is 4.39 Å². The molecule has 0 radical (unpaired) electrons. The normalized spacial score (nSPS) is 18.2. The predicted octanol–water partition coefficient (Wildman–Crippen LogP) is 2.86. The maximum Gasteiger partial charge on any atom is 0.226 e. The molecular weight excluding hydrogens is 291 g/mol. The summed E-state index contributed by atoms with van der Waals surface area (Å²) in [5.74, 6) is 0.235. The van der Waals surface area contributed by atoms with Gasteiger partial charge in [-0.3, -0.25) is 0 Å². The second kappa shape index (κ2) is 5.95. The van der Waals surface area contributed by atoms with E-state index in [1.165, 1.54) is 6.07 Å². The van der Waals surface area contributed by atoms with Gasteiger partial charge in [-0.05, 0) is 37.1 Å². The van der Waals surface area contributed by atoms with Crippen molar-refractivity contribution in [1.29, 1.82) is 0 Å². The van der Waals surface area contributed by atoms with Gasteiger partial charge in [0, 0.05) is 30.9 Å². The monoisotopic (exact) mass is 306 g/mol. The van der Waals surface area contributed by atoms with Crippen LogP contribution >= 0.6 is 11.6 Å². The van der Waals surface area contributed by atoms with Gasteiger partial charge in [0.15, 0.2) is 0 Å². The van der Waals surface area contributed by atoms with E-state index in [9.17, 15) is 4.39 Å². The van der Waals surface area contributed by atoms with Crippen molar-refractivity contribution >= 4 is 17.5 Å². The van der Waals surface area contributed by atoms with E-state index in [1.807, 2.05) is 0 Å². The maximum atomic E-state index is 13.2. The molecular formula is C15H16ClFN4. The molecule has 3 rings (SSSR count). The third-order valence-corrected chi connectivity index (χ3v) is 4.05. The highest BCUT2D eigenvalue weighted by molar-refractivity contribution is 6.31. The van der Waals surface area contributed by atoms with Gasteiger partial charge < -0.3 is 10.6 Å². The highest BCUT2D eigenvalue weighted by Crippen LogP contribution is 2.26. The van der Waals surface area contributed by atoms with Gasteiger partial charge in [-0.25, -0.2) is 14.4 Å². The van der Waals surface area contributed by atoms with Gasteiger partial charge in [-0.2, -0.15) is 0 Å².